The van der Waals surface area contributed by atoms with Crippen LogP contribution in [0.1, 0.15) is 23.6 Å². The Labute approximate surface area is 143 Å². The summed E-state index contributed by atoms with van der Waals surface area (Å²) in [7, 11) is 0. The number of aryl methyl sites for hydroxylation is 1. The summed E-state index contributed by atoms with van der Waals surface area (Å²) < 4.78 is 1.81. The minimum absolute atomic E-state index is 0.312. The molecule has 0 fully saturated rings. The van der Waals surface area contributed by atoms with Gasteiger partial charge in [0.15, 0.2) is 11.5 Å². The summed E-state index contributed by atoms with van der Waals surface area (Å²) in [5.41, 5.74) is 4.61. The van der Waals surface area contributed by atoms with Crippen molar-refractivity contribution in [1.29, 1.82) is 0 Å². The third-order valence-corrected chi connectivity index (χ3v) is 5.18. The minimum atomic E-state index is 0.312. The highest BCUT2D eigenvalue weighted by Gasteiger charge is 2.22. The van der Waals surface area contributed by atoms with Gasteiger partial charge in [0.05, 0.1) is 6.04 Å². The first-order chi connectivity index (χ1) is 11.9. The van der Waals surface area contributed by atoms with Gasteiger partial charge in [-0.05, 0) is 47.5 Å². The molecule has 1 aromatic carbocycles. The highest BCUT2D eigenvalue weighted by Crippen LogP contribution is 2.33. The monoisotopic (exact) mass is 333 g/mol. The summed E-state index contributed by atoms with van der Waals surface area (Å²) in [5.74, 6) is 1.63. The summed E-state index contributed by atoms with van der Waals surface area (Å²) in [6.07, 6.45) is 2.21. The van der Waals surface area contributed by atoms with Gasteiger partial charge >= 0.3 is 0 Å². The van der Waals surface area contributed by atoms with Gasteiger partial charge in [-0.1, -0.05) is 24.3 Å². The van der Waals surface area contributed by atoms with Crippen molar-refractivity contribution >= 4 is 22.8 Å². The molecule has 3 heterocycles. The lowest BCUT2D eigenvalue weighted by Crippen LogP contribution is -2.10. The van der Waals surface area contributed by atoms with Crippen LogP contribution in [0.5, 0.6) is 0 Å². The fourth-order valence-corrected chi connectivity index (χ4v) is 3.96. The Morgan fingerprint density at radius 3 is 2.96 bits per heavy atom. The van der Waals surface area contributed by atoms with Crippen LogP contribution < -0.4 is 5.32 Å². The zero-order valence-corrected chi connectivity index (χ0v) is 13.7. The van der Waals surface area contributed by atoms with Crippen molar-refractivity contribution in [3.63, 3.8) is 0 Å². The molecule has 4 aromatic rings. The topological polar surface area (TPSA) is 55.1 Å². The number of hydrogen-bond donors (Lipinski definition) is 1. The summed E-state index contributed by atoms with van der Waals surface area (Å²) >= 11 is 1.64. The molecule has 1 unspecified atom stereocenters. The van der Waals surface area contributed by atoms with Crippen LogP contribution in [0.15, 0.2) is 53.2 Å². The van der Waals surface area contributed by atoms with Crippen molar-refractivity contribution in [3.05, 3.63) is 64.4 Å². The van der Waals surface area contributed by atoms with E-state index in [-0.39, 0.29) is 0 Å². The average molecular weight is 333 g/mol. The third-order valence-electron chi connectivity index (χ3n) is 4.50. The van der Waals surface area contributed by atoms with E-state index in [1.54, 1.807) is 11.3 Å². The number of anilines is 1. The van der Waals surface area contributed by atoms with Crippen LogP contribution in [0.25, 0.3) is 17.0 Å². The molecule has 1 atom stereocenters. The molecule has 1 aliphatic carbocycles. The predicted molar refractivity (Wildman–Crippen MR) is 95.2 cm³/mol. The molecular weight excluding hydrogens is 318 g/mol. The number of aromatic nitrogens is 4. The van der Waals surface area contributed by atoms with E-state index >= 15 is 0 Å². The summed E-state index contributed by atoms with van der Waals surface area (Å²) in [6, 6.07) is 14.9. The molecule has 6 heteroatoms. The standard InChI is InChI=1S/C18H15N5S/c1-2-4-14-12(3-1)5-6-15(14)19-16-7-8-17-20-21-18(23(17)22-16)13-9-10-24-11-13/h1-4,7-11,15H,5-6H2,(H,19,22). The molecule has 3 aromatic heterocycles. The first-order valence-electron chi connectivity index (χ1n) is 7.98. The number of benzene rings is 1. The number of hydrogen-bond acceptors (Lipinski definition) is 5. The Bertz CT molecular complexity index is 1010. The smallest absolute Gasteiger partial charge is 0.186 e. The molecule has 0 saturated heterocycles. The Morgan fingerprint density at radius 2 is 2.04 bits per heavy atom. The number of nitrogens with one attached hydrogen (secondary N) is 1. The van der Waals surface area contributed by atoms with E-state index in [9.17, 15) is 0 Å². The zero-order chi connectivity index (χ0) is 15.9. The van der Waals surface area contributed by atoms with Gasteiger partial charge in [-0.3, -0.25) is 0 Å². The molecule has 0 saturated carbocycles. The molecule has 0 radical (unpaired) electrons. The SMILES string of the molecule is c1ccc2c(c1)CCC2Nc1ccc2nnc(-c3ccsc3)n2n1. The maximum absolute atomic E-state index is 4.71. The fraction of sp³-hybridized carbons (Fsp3) is 0.167. The largest absolute Gasteiger partial charge is 0.362 e. The molecule has 0 amide bonds. The average Bonchev–Trinajstić information content (AvgIpc) is 3.34. The van der Waals surface area contributed by atoms with Gasteiger partial charge in [0.1, 0.15) is 5.82 Å². The van der Waals surface area contributed by atoms with E-state index in [0.29, 0.717) is 6.04 Å². The van der Waals surface area contributed by atoms with Crippen LogP contribution in [-0.4, -0.2) is 19.8 Å². The first kappa shape index (κ1) is 13.7. The molecule has 1 N–H and O–H groups in total. The lowest BCUT2D eigenvalue weighted by molar-refractivity contribution is 0.750. The van der Waals surface area contributed by atoms with Crippen LogP contribution in [0.3, 0.4) is 0 Å². The van der Waals surface area contributed by atoms with Crippen molar-refractivity contribution in [1.82, 2.24) is 19.8 Å². The van der Waals surface area contributed by atoms with Gasteiger partial charge in [0.25, 0.3) is 0 Å². The zero-order valence-electron chi connectivity index (χ0n) is 12.9. The normalized spacial score (nSPS) is 16.4. The molecule has 5 nitrogen and oxygen atoms in total. The highest BCUT2D eigenvalue weighted by molar-refractivity contribution is 7.08. The van der Waals surface area contributed by atoms with E-state index in [0.717, 1.165) is 35.7 Å². The number of thiophene rings is 1. The van der Waals surface area contributed by atoms with Crippen LogP contribution in [0.4, 0.5) is 5.82 Å². The van der Waals surface area contributed by atoms with Crippen molar-refractivity contribution in [3.8, 4) is 11.4 Å². The van der Waals surface area contributed by atoms with Gasteiger partial charge in [0, 0.05) is 10.9 Å². The van der Waals surface area contributed by atoms with E-state index in [1.165, 1.54) is 11.1 Å². The molecule has 0 bridgehead atoms. The first-order valence-corrected chi connectivity index (χ1v) is 8.92. The van der Waals surface area contributed by atoms with Gasteiger partial charge in [-0.25, -0.2) is 0 Å². The van der Waals surface area contributed by atoms with E-state index < -0.39 is 0 Å². The molecule has 24 heavy (non-hydrogen) atoms. The predicted octanol–water partition coefficient (Wildman–Crippen LogP) is 3.95. The van der Waals surface area contributed by atoms with E-state index in [1.807, 2.05) is 28.1 Å². The van der Waals surface area contributed by atoms with Gasteiger partial charge in [-0.2, -0.15) is 15.9 Å². The molecule has 118 valence electrons. The molecule has 1 aliphatic rings. The molecule has 0 spiro atoms. The van der Waals surface area contributed by atoms with Crippen LogP contribution >= 0.6 is 11.3 Å². The molecule has 0 aliphatic heterocycles. The van der Waals surface area contributed by atoms with Crippen LogP contribution in [-0.2, 0) is 6.42 Å². The van der Waals surface area contributed by atoms with Crippen LogP contribution in [0.2, 0.25) is 0 Å². The Balaban J connectivity index is 1.51. The van der Waals surface area contributed by atoms with Crippen molar-refractivity contribution in [2.45, 2.75) is 18.9 Å². The Morgan fingerprint density at radius 1 is 1.08 bits per heavy atom. The second kappa shape index (κ2) is 5.42. The maximum Gasteiger partial charge on any atom is 0.186 e. The van der Waals surface area contributed by atoms with Gasteiger partial charge in [0.2, 0.25) is 0 Å². The third kappa shape index (κ3) is 2.18. The number of nitrogens with zero attached hydrogens (tertiary/aromatic N) is 4. The number of rotatable bonds is 3. The van der Waals surface area contributed by atoms with Crippen LogP contribution in [0, 0.1) is 0 Å². The molecule has 5 rings (SSSR count). The highest BCUT2D eigenvalue weighted by atomic mass is 32.1. The van der Waals surface area contributed by atoms with Crippen molar-refractivity contribution < 1.29 is 0 Å². The summed E-state index contributed by atoms with van der Waals surface area (Å²) in [5, 5.41) is 20.9. The quantitative estimate of drug-likeness (QED) is 0.617. The van der Waals surface area contributed by atoms with Gasteiger partial charge in [-0.15, -0.1) is 15.3 Å². The maximum atomic E-state index is 4.71. The second-order valence-electron chi connectivity index (χ2n) is 5.96. The van der Waals surface area contributed by atoms with E-state index in [4.69, 9.17) is 5.10 Å². The van der Waals surface area contributed by atoms with Crippen molar-refractivity contribution in [2.75, 3.05) is 5.32 Å². The summed E-state index contributed by atoms with van der Waals surface area (Å²) in [6.45, 7) is 0. The number of fused-ring (bicyclic) bond motifs is 2. The molecular formula is C18H15N5S. The second-order valence-corrected chi connectivity index (χ2v) is 6.74. The van der Waals surface area contributed by atoms with Gasteiger partial charge < -0.3 is 5.32 Å². The Kier molecular flexibility index (Phi) is 3.09. The summed E-state index contributed by atoms with van der Waals surface area (Å²) in [4.78, 5) is 0. The lowest BCUT2D eigenvalue weighted by Gasteiger charge is -2.14. The van der Waals surface area contributed by atoms with E-state index in [2.05, 4.69) is 45.2 Å². The Hall–Kier alpha value is -2.73. The van der Waals surface area contributed by atoms with Crippen molar-refractivity contribution in [2.24, 2.45) is 0 Å². The fourth-order valence-electron chi connectivity index (χ4n) is 3.32. The minimum Gasteiger partial charge on any atom is -0.362 e. The lowest BCUT2D eigenvalue weighted by atomic mass is 10.1.